The van der Waals surface area contributed by atoms with Gasteiger partial charge in [0.15, 0.2) is 5.78 Å². The highest BCUT2D eigenvalue weighted by Crippen LogP contribution is 2.31. The minimum absolute atomic E-state index is 0.0165. The van der Waals surface area contributed by atoms with Gasteiger partial charge in [-0.15, -0.1) is 0 Å². The first-order valence-corrected chi connectivity index (χ1v) is 11.3. The highest BCUT2D eigenvalue weighted by molar-refractivity contribution is 6.31. The summed E-state index contributed by atoms with van der Waals surface area (Å²) in [6, 6.07) is 15.9. The van der Waals surface area contributed by atoms with Gasteiger partial charge in [-0.3, -0.25) is 9.59 Å². The molecular weight excluding hydrogens is 426 g/mol. The summed E-state index contributed by atoms with van der Waals surface area (Å²) in [7, 11) is 3.30. The Balaban J connectivity index is 1.74. The SMILES string of the molecule is COC(=O)CC(C)CC(=O)c1c(COCCCc2ccccc2)n(C)c2ccc(Cl)cc12. The number of fused-ring (bicyclic) bond motifs is 1. The van der Waals surface area contributed by atoms with Crippen LogP contribution in [0.2, 0.25) is 5.02 Å². The molecule has 3 aromatic rings. The van der Waals surface area contributed by atoms with Gasteiger partial charge < -0.3 is 14.0 Å². The van der Waals surface area contributed by atoms with Crippen LogP contribution in [0.4, 0.5) is 0 Å². The molecule has 0 spiro atoms. The van der Waals surface area contributed by atoms with Gasteiger partial charge in [-0.1, -0.05) is 48.9 Å². The van der Waals surface area contributed by atoms with Crippen molar-refractivity contribution in [3.63, 3.8) is 0 Å². The number of hydrogen-bond donors (Lipinski definition) is 0. The summed E-state index contributed by atoms with van der Waals surface area (Å²) in [5.41, 5.74) is 3.68. The predicted octanol–water partition coefficient (Wildman–Crippen LogP) is 5.75. The van der Waals surface area contributed by atoms with Crippen molar-refractivity contribution in [3.05, 3.63) is 70.4 Å². The van der Waals surface area contributed by atoms with Crippen LogP contribution < -0.4 is 0 Å². The highest BCUT2D eigenvalue weighted by Gasteiger charge is 2.23. The van der Waals surface area contributed by atoms with Gasteiger partial charge in [0, 0.05) is 48.0 Å². The van der Waals surface area contributed by atoms with Crippen LogP contribution in [0.3, 0.4) is 0 Å². The lowest BCUT2D eigenvalue weighted by molar-refractivity contribution is -0.141. The number of carbonyl (C=O) groups is 2. The van der Waals surface area contributed by atoms with Crippen molar-refractivity contribution in [2.45, 2.75) is 39.2 Å². The molecule has 5 nitrogen and oxygen atoms in total. The first-order valence-electron chi connectivity index (χ1n) is 10.9. The summed E-state index contributed by atoms with van der Waals surface area (Å²) < 4.78 is 12.7. The zero-order chi connectivity index (χ0) is 23.1. The fourth-order valence-corrected chi connectivity index (χ4v) is 4.17. The van der Waals surface area contributed by atoms with E-state index in [1.165, 1.54) is 12.7 Å². The predicted molar refractivity (Wildman–Crippen MR) is 127 cm³/mol. The Morgan fingerprint density at radius 3 is 2.56 bits per heavy atom. The smallest absolute Gasteiger partial charge is 0.305 e. The third-order valence-electron chi connectivity index (χ3n) is 5.67. The van der Waals surface area contributed by atoms with Crippen LogP contribution in [0.1, 0.15) is 47.8 Å². The molecule has 0 N–H and O–H groups in total. The maximum atomic E-state index is 13.3. The minimum atomic E-state index is -0.312. The molecule has 0 saturated carbocycles. The van der Waals surface area contributed by atoms with E-state index in [1.807, 2.05) is 54.9 Å². The monoisotopic (exact) mass is 455 g/mol. The fraction of sp³-hybridized carbons (Fsp3) is 0.385. The van der Waals surface area contributed by atoms with Crippen molar-refractivity contribution in [1.29, 1.82) is 0 Å². The first-order chi connectivity index (χ1) is 15.4. The molecule has 0 radical (unpaired) electrons. The van der Waals surface area contributed by atoms with Crippen LogP contribution in [-0.2, 0) is 34.3 Å². The number of methoxy groups -OCH3 is 1. The van der Waals surface area contributed by atoms with Crippen LogP contribution in [0.25, 0.3) is 10.9 Å². The van der Waals surface area contributed by atoms with Crippen molar-refractivity contribution in [3.8, 4) is 0 Å². The number of aromatic nitrogens is 1. The minimum Gasteiger partial charge on any atom is -0.469 e. The van der Waals surface area contributed by atoms with Crippen molar-refractivity contribution in [1.82, 2.24) is 4.57 Å². The van der Waals surface area contributed by atoms with E-state index < -0.39 is 0 Å². The Kier molecular flexibility index (Phi) is 8.48. The van der Waals surface area contributed by atoms with E-state index in [0.717, 1.165) is 29.4 Å². The Morgan fingerprint density at radius 1 is 1.09 bits per heavy atom. The number of hydrogen-bond acceptors (Lipinski definition) is 4. The van der Waals surface area contributed by atoms with Crippen LogP contribution in [0.5, 0.6) is 0 Å². The molecule has 32 heavy (non-hydrogen) atoms. The van der Waals surface area contributed by atoms with E-state index in [9.17, 15) is 9.59 Å². The molecular formula is C26H30ClNO4. The van der Waals surface area contributed by atoms with Gasteiger partial charge in [0.2, 0.25) is 0 Å². The lowest BCUT2D eigenvalue weighted by Gasteiger charge is -2.12. The Morgan fingerprint density at radius 2 is 1.84 bits per heavy atom. The lowest BCUT2D eigenvalue weighted by atomic mass is 9.95. The maximum Gasteiger partial charge on any atom is 0.305 e. The fourth-order valence-electron chi connectivity index (χ4n) is 4.00. The number of aryl methyl sites for hydroxylation is 2. The van der Waals surface area contributed by atoms with Crippen LogP contribution in [-0.4, -0.2) is 30.0 Å². The summed E-state index contributed by atoms with van der Waals surface area (Å²) in [6.07, 6.45) is 2.31. The largest absolute Gasteiger partial charge is 0.469 e. The molecule has 0 fully saturated rings. The lowest BCUT2D eigenvalue weighted by Crippen LogP contribution is -2.14. The van der Waals surface area contributed by atoms with Gasteiger partial charge >= 0.3 is 5.97 Å². The number of ether oxygens (including phenoxy) is 2. The van der Waals surface area contributed by atoms with Crippen LogP contribution in [0, 0.1) is 5.92 Å². The zero-order valence-electron chi connectivity index (χ0n) is 18.9. The summed E-state index contributed by atoms with van der Waals surface area (Å²) >= 11 is 6.24. The van der Waals surface area contributed by atoms with Gasteiger partial charge in [-0.25, -0.2) is 0 Å². The Labute approximate surface area is 194 Å². The highest BCUT2D eigenvalue weighted by atomic mass is 35.5. The summed E-state index contributed by atoms with van der Waals surface area (Å²) in [6.45, 7) is 2.82. The standard InChI is InChI=1S/C26H30ClNO4/c1-18(15-25(30)31-3)14-24(29)26-21-16-20(27)11-12-22(21)28(2)23(26)17-32-13-7-10-19-8-5-4-6-9-19/h4-6,8-9,11-12,16,18H,7,10,13-15,17H2,1-3H3. The topological polar surface area (TPSA) is 57.5 Å². The van der Waals surface area contributed by atoms with Crippen molar-refractivity contribution in [2.24, 2.45) is 13.0 Å². The number of ketones is 1. The quantitative estimate of drug-likeness (QED) is 0.210. The molecule has 0 aliphatic rings. The van der Waals surface area contributed by atoms with E-state index in [0.29, 0.717) is 23.8 Å². The molecule has 2 aromatic carbocycles. The van der Waals surface area contributed by atoms with Gasteiger partial charge in [-0.2, -0.15) is 0 Å². The summed E-state index contributed by atoms with van der Waals surface area (Å²) in [4.78, 5) is 24.9. The number of halogens is 1. The molecule has 1 atom stereocenters. The van der Waals surface area contributed by atoms with E-state index in [-0.39, 0.29) is 30.5 Å². The zero-order valence-corrected chi connectivity index (χ0v) is 19.7. The second kappa shape index (κ2) is 11.3. The average molecular weight is 456 g/mol. The number of benzene rings is 2. The molecule has 170 valence electrons. The maximum absolute atomic E-state index is 13.3. The molecule has 0 amide bonds. The number of esters is 1. The number of carbonyl (C=O) groups excluding carboxylic acids is 2. The second-order valence-electron chi connectivity index (χ2n) is 8.20. The molecule has 0 saturated heterocycles. The third-order valence-corrected chi connectivity index (χ3v) is 5.91. The third kappa shape index (κ3) is 5.99. The molecule has 1 unspecified atom stereocenters. The van der Waals surface area contributed by atoms with Gasteiger partial charge in [0.05, 0.1) is 19.4 Å². The van der Waals surface area contributed by atoms with Gasteiger partial charge in [0.1, 0.15) is 0 Å². The Bertz CT molecular complexity index is 1070. The van der Waals surface area contributed by atoms with Crippen molar-refractivity contribution in [2.75, 3.05) is 13.7 Å². The molecule has 0 aliphatic heterocycles. The van der Waals surface area contributed by atoms with E-state index >= 15 is 0 Å². The average Bonchev–Trinajstić information content (AvgIpc) is 3.04. The van der Waals surface area contributed by atoms with E-state index in [2.05, 4.69) is 12.1 Å². The second-order valence-corrected chi connectivity index (χ2v) is 8.63. The van der Waals surface area contributed by atoms with Gasteiger partial charge in [0.25, 0.3) is 0 Å². The Hall–Kier alpha value is -2.63. The van der Waals surface area contributed by atoms with Gasteiger partial charge in [-0.05, 0) is 42.5 Å². The normalized spacial score (nSPS) is 12.1. The number of Topliss-reactive ketones (excluding diaryl/α,β-unsaturated/α-hetero) is 1. The first kappa shape index (κ1) is 24.0. The van der Waals surface area contributed by atoms with E-state index in [1.54, 1.807) is 0 Å². The van der Waals surface area contributed by atoms with E-state index in [4.69, 9.17) is 21.1 Å². The summed E-state index contributed by atoms with van der Waals surface area (Å²) in [5.74, 6) is -0.450. The molecule has 0 bridgehead atoms. The molecule has 1 aromatic heterocycles. The number of rotatable bonds is 11. The van der Waals surface area contributed by atoms with Crippen molar-refractivity contribution < 1.29 is 19.1 Å². The molecule has 6 heteroatoms. The molecule has 0 aliphatic carbocycles. The molecule has 1 heterocycles. The van der Waals surface area contributed by atoms with Crippen molar-refractivity contribution >= 4 is 34.3 Å². The summed E-state index contributed by atoms with van der Waals surface area (Å²) in [5, 5.41) is 1.40. The molecule has 3 rings (SSSR count). The van der Waals surface area contributed by atoms with Crippen LogP contribution in [0.15, 0.2) is 48.5 Å². The van der Waals surface area contributed by atoms with Crippen LogP contribution >= 0.6 is 11.6 Å². The number of nitrogens with zero attached hydrogens (tertiary/aromatic N) is 1.